The van der Waals surface area contributed by atoms with Gasteiger partial charge >= 0.3 is 5.97 Å². The predicted octanol–water partition coefficient (Wildman–Crippen LogP) is 3.99. The van der Waals surface area contributed by atoms with Crippen molar-refractivity contribution in [1.82, 2.24) is 4.90 Å². The number of nitrogens with zero attached hydrogens (tertiary/aromatic N) is 1. The molecule has 1 N–H and O–H groups in total. The molecule has 1 saturated carbocycles. The number of carbonyl (C=O) groups is 2. The lowest BCUT2D eigenvalue weighted by Crippen LogP contribution is -2.26. The van der Waals surface area contributed by atoms with E-state index in [1.54, 1.807) is 49.4 Å². The molecule has 3 rings (SSSR count). The summed E-state index contributed by atoms with van der Waals surface area (Å²) in [4.78, 5) is 25.3. The van der Waals surface area contributed by atoms with Gasteiger partial charge in [-0.2, -0.15) is 0 Å². The summed E-state index contributed by atoms with van der Waals surface area (Å²) in [6.45, 7) is 0.376. The highest BCUT2D eigenvalue weighted by atomic mass is 16.5. The van der Waals surface area contributed by atoms with E-state index in [9.17, 15) is 9.59 Å². The second-order valence-corrected chi connectivity index (χ2v) is 7.05. The van der Waals surface area contributed by atoms with Crippen molar-refractivity contribution in [2.75, 3.05) is 14.2 Å². The maximum atomic E-state index is 12.8. The molecule has 0 bridgehead atoms. The van der Waals surface area contributed by atoms with Crippen LogP contribution < -0.4 is 9.47 Å². The van der Waals surface area contributed by atoms with Gasteiger partial charge in [0, 0.05) is 19.2 Å². The molecule has 148 valence electrons. The molecule has 0 saturated heterocycles. The first-order valence-corrected chi connectivity index (χ1v) is 9.40. The molecular formula is C22H25NO5. The van der Waals surface area contributed by atoms with Gasteiger partial charge in [0.25, 0.3) is 5.91 Å². The Balaban J connectivity index is 1.69. The molecular weight excluding hydrogens is 358 g/mol. The number of carboxylic acid groups (broad SMARTS) is 1. The molecule has 2 aromatic rings. The first-order valence-electron chi connectivity index (χ1n) is 9.40. The van der Waals surface area contributed by atoms with Crippen molar-refractivity contribution in [2.24, 2.45) is 0 Å². The van der Waals surface area contributed by atoms with Gasteiger partial charge in [0.15, 0.2) is 11.5 Å². The summed E-state index contributed by atoms with van der Waals surface area (Å²) in [5, 5.41) is 8.97. The number of carbonyl (C=O) groups excluding carboxylic acids is 1. The van der Waals surface area contributed by atoms with Crippen molar-refractivity contribution >= 4 is 11.9 Å². The molecule has 0 radical (unpaired) electrons. The Hall–Kier alpha value is -3.02. The molecule has 2 aromatic carbocycles. The zero-order valence-corrected chi connectivity index (χ0v) is 16.2. The minimum atomic E-state index is -0.969. The fourth-order valence-corrected chi connectivity index (χ4v) is 3.40. The van der Waals surface area contributed by atoms with E-state index >= 15 is 0 Å². The lowest BCUT2D eigenvalue weighted by molar-refractivity contribution is 0.0695. The Labute approximate surface area is 164 Å². The number of aromatic carboxylic acids is 1. The van der Waals surface area contributed by atoms with Crippen LogP contribution in [0.4, 0.5) is 0 Å². The Morgan fingerprint density at radius 2 is 1.68 bits per heavy atom. The van der Waals surface area contributed by atoms with Crippen LogP contribution in [0.25, 0.3) is 0 Å². The van der Waals surface area contributed by atoms with Crippen LogP contribution in [0.1, 0.15) is 52.0 Å². The highest BCUT2D eigenvalue weighted by molar-refractivity contribution is 5.94. The smallest absolute Gasteiger partial charge is 0.335 e. The van der Waals surface area contributed by atoms with E-state index in [1.165, 1.54) is 25.0 Å². The molecule has 6 nitrogen and oxygen atoms in total. The van der Waals surface area contributed by atoms with Crippen LogP contribution in [-0.2, 0) is 6.54 Å². The summed E-state index contributed by atoms with van der Waals surface area (Å²) in [5.74, 6) is 0.103. The number of hydrogen-bond acceptors (Lipinski definition) is 4. The summed E-state index contributed by atoms with van der Waals surface area (Å²) in [6.07, 6.45) is 4.68. The minimum Gasteiger partial charge on any atom is -0.493 e. The van der Waals surface area contributed by atoms with E-state index in [-0.39, 0.29) is 17.6 Å². The van der Waals surface area contributed by atoms with Crippen LogP contribution in [-0.4, -0.2) is 42.1 Å². The number of hydrogen-bond donors (Lipinski definition) is 1. The van der Waals surface area contributed by atoms with Gasteiger partial charge in [-0.05, 0) is 61.6 Å². The van der Waals surface area contributed by atoms with Crippen molar-refractivity contribution < 1.29 is 24.2 Å². The first-order chi connectivity index (χ1) is 13.5. The standard InChI is InChI=1S/C22H25NO5/c1-23(14-15-7-9-16(10-8-15)22(25)26)21(24)17-11-12-19(20(13-17)27-2)28-18-5-3-4-6-18/h7-13,18H,3-6,14H2,1-2H3,(H,25,26). The van der Waals surface area contributed by atoms with E-state index < -0.39 is 5.97 Å². The summed E-state index contributed by atoms with van der Waals surface area (Å²) >= 11 is 0. The fourth-order valence-electron chi connectivity index (χ4n) is 3.40. The van der Waals surface area contributed by atoms with Crippen molar-refractivity contribution in [1.29, 1.82) is 0 Å². The second-order valence-electron chi connectivity index (χ2n) is 7.05. The number of benzene rings is 2. The van der Waals surface area contributed by atoms with Gasteiger partial charge in [0.05, 0.1) is 18.8 Å². The lowest BCUT2D eigenvalue weighted by atomic mass is 10.1. The Bertz CT molecular complexity index is 841. The normalized spacial score (nSPS) is 13.9. The van der Waals surface area contributed by atoms with E-state index in [2.05, 4.69) is 0 Å². The van der Waals surface area contributed by atoms with Crippen LogP contribution >= 0.6 is 0 Å². The molecule has 1 amide bonds. The molecule has 1 aliphatic rings. The lowest BCUT2D eigenvalue weighted by Gasteiger charge is -2.20. The van der Waals surface area contributed by atoms with Crippen molar-refractivity contribution in [3.63, 3.8) is 0 Å². The predicted molar refractivity (Wildman–Crippen MR) is 105 cm³/mol. The minimum absolute atomic E-state index is 0.145. The summed E-state index contributed by atoms with van der Waals surface area (Å²) in [5.41, 5.74) is 1.59. The largest absolute Gasteiger partial charge is 0.493 e. The summed E-state index contributed by atoms with van der Waals surface area (Å²) in [7, 11) is 3.28. The van der Waals surface area contributed by atoms with Gasteiger partial charge < -0.3 is 19.5 Å². The van der Waals surface area contributed by atoms with Crippen LogP contribution in [0.3, 0.4) is 0 Å². The van der Waals surface area contributed by atoms with Gasteiger partial charge in [-0.15, -0.1) is 0 Å². The highest BCUT2D eigenvalue weighted by Crippen LogP contribution is 2.32. The van der Waals surface area contributed by atoms with Crippen LogP contribution in [0, 0.1) is 0 Å². The molecule has 1 aliphatic carbocycles. The second kappa shape index (κ2) is 8.78. The molecule has 0 aliphatic heterocycles. The van der Waals surface area contributed by atoms with Crippen LogP contribution in [0.15, 0.2) is 42.5 Å². The van der Waals surface area contributed by atoms with Gasteiger partial charge in [0.1, 0.15) is 0 Å². The number of rotatable bonds is 7. The maximum absolute atomic E-state index is 12.8. The maximum Gasteiger partial charge on any atom is 0.335 e. The van der Waals surface area contributed by atoms with Crippen molar-refractivity contribution in [3.8, 4) is 11.5 Å². The zero-order valence-electron chi connectivity index (χ0n) is 16.2. The van der Waals surface area contributed by atoms with Crippen molar-refractivity contribution in [3.05, 3.63) is 59.2 Å². The molecule has 0 spiro atoms. The number of carboxylic acids is 1. The zero-order chi connectivity index (χ0) is 20.1. The first kappa shape index (κ1) is 19.7. The average molecular weight is 383 g/mol. The number of methoxy groups -OCH3 is 1. The van der Waals surface area contributed by atoms with E-state index in [4.69, 9.17) is 14.6 Å². The van der Waals surface area contributed by atoms with Crippen molar-refractivity contribution in [2.45, 2.75) is 38.3 Å². The third-order valence-electron chi connectivity index (χ3n) is 4.97. The molecule has 1 fully saturated rings. The van der Waals surface area contributed by atoms with Gasteiger partial charge in [-0.3, -0.25) is 4.79 Å². The molecule has 0 unspecified atom stereocenters. The van der Waals surface area contributed by atoms with Gasteiger partial charge in [-0.25, -0.2) is 4.79 Å². The third kappa shape index (κ3) is 4.63. The van der Waals surface area contributed by atoms with Gasteiger partial charge in [-0.1, -0.05) is 12.1 Å². The average Bonchev–Trinajstić information content (AvgIpc) is 3.21. The highest BCUT2D eigenvalue weighted by Gasteiger charge is 2.20. The summed E-state index contributed by atoms with van der Waals surface area (Å²) in [6, 6.07) is 11.7. The Morgan fingerprint density at radius 3 is 2.29 bits per heavy atom. The number of ether oxygens (including phenoxy) is 2. The molecule has 0 atom stereocenters. The topological polar surface area (TPSA) is 76.1 Å². The Kier molecular flexibility index (Phi) is 6.19. The SMILES string of the molecule is COc1cc(C(=O)N(C)Cc2ccc(C(=O)O)cc2)ccc1OC1CCCC1. The van der Waals surface area contributed by atoms with Crippen LogP contribution in [0.5, 0.6) is 11.5 Å². The number of amides is 1. The third-order valence-corrected chi connectivity index (χ3v) is 4.97. The van der Waals surface area contributed by atoms with E-state index in [0.717, 1.165) is 18.4 Å². The molecule has 0 heterocycles. The summed E-state index contributed by atoms with van der Waals surface area (Å²) < 4.78 is 11.4. The molecule has 0 aromatic heterocycles. The molecule has 6 heteroatoms. The molecule has 28 heavy (non-hydrogen) atoms. The van der Waals surface area contributed by atoms with Gasteiger partial charge in [0.2, 0.25) is 0 Å². The Morgan fingerprint density at radius 1 is 1.04 bits per heavy atom. The quantitative estimate of drug-likeness (QED) is 0.782. The van der Waals surface area contributed by atoms with E-state index in [0.29, 0.717) is 23.6 Å². The van der Waals surface area contributed by atoms with E-state index in [1.807, 2.05) is 0 Å². The van der Waals surface area contributed by atoms with Crippen LogP contribution in [0.2, 0.25) is 0 Å². The monoisotopic (exact) mass is 383 g/mol. The fraction of sp³-hybridized carbons (Fsp3) is 0.364.